The van der Waals surface area contributed by atoms with Gasteiger partial charge in [-0.3, -0.25) is 4.98 Å². The number of hydrogen-bond donors (Lipinski definition) is 0. The van der Waals surface area contributed by atoms with Gasteiger partial charge in [0.2, 0.25) is 0 Å². The number of benzene rings is 1. The van der Waals surface area contributed by atoms with Gasteiger partial charge in [0.05, 0.1) is 6.61 Å². The topological polar surface area (TPSA) is 39.2 Å². The first-order chi connectivity index (χ1) is 9.70. The summed E-state index contributed by atoms with van der Waals surface area (Å²) in [6.45, 7) is 2.14. The highest BCUT2D eigenvalue weighted by atomic mass is 35.5. The van der Waals surface area contributed by atoms with E-state index in [0.29, 0.717) is 11.6 Å². The van der Waals surface area contributed by atoms with E-state index >= 15 is 0 Å². The maximum atomic E-state index is 11.4. The second kappa shape index (κ2) is 6.87. The van der Waals surface area contributed by atoms with Crippen LogP contribution in [0.15, 0.2) is 48.8 Å². The van der Waals surface area contributed by atoms with E-state index in [1.165, 1.54) is 6.08 Å². The van der Waals surface area contributed by atoms with Gasteiger partial charge in [-0.25, -0.2) is 4.79 Å². The fourth-order valence-electron chi connectivity index (χ4n) is 1.77. The molecule has 1 aromatic carbocycles. The zero-order chi connectivity index (χ0) is 14.4. The first-order valence-electron chi connectivity index (χ1n) is 6.25. The van der Waals surface area contributed by atoms with Crippen molar-refractivity contribution in [1.29, 1.82) is 0 Å². The highest BCUT2D eigenvalue weighted by molar-refractivity contribution is 6.30. The van der Waals surface area contributed by atoms with Crippen LogP contribution >= 0.6 is 11.6 Å². The lowest BCUT2D eigenvalue weighted by Crippen LogP contribution is -1.98. The lowest BCUT2D eigenvalue weighted by molar-refractivity contribution is -0.137. The van der Waals surface area contributed by atoms with Gasteiger partial charge in [-0.2, -0.15) is 0 Å². The Morgan fingerprint density at radius 1 is 1.30 bits per heavy atom. The van der Waals surface area contributed by atoms with Crippen LogP contribution in [0.5, 0.6) is 0 Å². The zero-order valence-electron chi connectivity index (χ0n) is 11.0. The van der Waals surface area contributed by atoms with Crippen molar-refractivity contribution in [2.24, 2.45) is 0 Å². The largest absolute Gasteiger partial charge is 0.463 e. The Morgan fingerprint density at radius 3 is 2.75 bits per heavy atom. The standard InChI is InChI=1S/C16H14ClNO2/c1-2-20-16(19)8-5-13-9-10-18-11-15(13)12-3-6-14(17)7-4-12/h3-11H,2H2,1H3. The molecule has 0 amide bonds. The van der Waals surface area contributed by atoms with Crippen LogP contribution in [-0.4, -0.2) is 17.6 Å². The summed E-state index contributed by atoms with van der Waals surface area (Å²) in [4.78, 5) is 15.5. The summed E-state index contributed by atoms with van der Waals surface area (Å²) in [5, 5.41) is 0.682. The fraction of sp³-hybridized carbons (Fsp3) is 0.125. The number of hydrogen-bond acceptors (Lipinski definition) is 3. The van der Waals surface area contributed by atoms with Gasteiger partial charge in [-0.1, -0.05) is 23.7 Å². The number of ether oxygens (including phenoxy) is 1. The quantitative estimate of drug-likeness (QED) is 0.631. The van der Waals surface area contributed by atoms with Crippen molar-refractivity contribution < 1.29 is 9.53 Å². The number of pyridine rings is 1. The van der Waals surface area contributed by atoms with Crippen LogP contribution in [0, 0.1) is 0 Å². The minimum Gasteiger partial charge on any atom is -0.463 e. The van der Waals surface area contributed by atoms with E-state index in [2.05, 4.69) is 4.98 Å². The minimum atomic E-state index is -0.355. The van der Waals surface area contributed by atoms with Gasteiger partial charge in [-0.05, 0) is 42.3 Å². The predicted molar refractivity (Wildman–Crippen MR) is 80.4 cm³/mol. The first kappa shape index (κ1) is 14.3. The first-order valence-corrected chi connectivity index (χ1v) is 6.63. The Bertz CT molecular complexity index is 621. The van der Waals surface area contributed by atoms with Gasteiger partial charge < -0.3 is 4.74 Å². The smallest absolute Gasteiger partial charge is 0.330 e. The van der Waals surface area contributed by atoms with Crippen molar-refractivity contribution in [3.63, 3.8) is 0 Å². The highest BCUT2D eigenvalue weighted by Gasteiger charge is 2.03. The Morgan fingerprint density at radius 2 is 2.05 bits per heavy atom. The van der Waals surface area contributed by atoms with Crippen LogP contribution in [0.1, 0.15) is 12.5 Å². The minimum absolute atomic E-state index is 0.355. The highest BCUT2D eigenvalue weighted by Crippen LogP contribution is 2.25. The molecule has 0 atom stereocenters. The van der Waals surface area contributed by atoms with E-state index in [1.54, 1.807) is 25.4 Å². The van der Waals surface area contributed by atoms with Gasteiger partial charge in [0.1, 0.15) is 0 Å². The van der Waals surface area contributed by atoms with E-state index in [1.807, 2.05) is 30.3 Å². The number of nitrogens with zero attached hydrogens (tertiary/aromatic N) is 1. The van der Waals surface area contributed by atoms with Gasteiger partial charge in [0.25, 0.3) is 0 Å². The van der Waals surface area contributed by atoms with Crippen molar-refractivity contribution in [2.75, 3.05) is 6.61 Å². The Hall–Kier alpha value is -2.13. The average Bonchev–Trinajstić information content (AvgIpc) is 2.47. The molecule has 0 unspecified atom stereocenters. The van der Waals surface area contributed by atoms with Crippen molar-refractivity contribution in [3.8, 4) is 11.1 Å². The summed E-state index contributed by atoms with van der Waals surface area (Å²) in [6, 6.07) is 9.33. The molecule has 102 valence electrons. The summed E-state index contributed by atoms with van der Waals surface area (Å²) in [6.07, 6.45) is 6.58. The molecule has 2 rings (SSSR count). The molecule has 0 saturated heterocycles. The van der Waals surface area contributed by atoms with Gasteiger partial charge in [-0.15, -0.1) is 0 Å². The molecule has 1 aromatic heterocycles. The second-order valence-electron chi connectivity index (χ2n) is 4.06. The zero-order valence-corrected chi connectivity index (χ0v) is 11.8. The Kier molecular flexibility index (Phi) is 4.91. The van der Waals surface area contributed by atoms with Crippen molar-refractivity contribution in [1.82, 2.24) is 4.98 Å². The molecule has 4 heteroatoms. The predicted octanol–water partition coefficient (Wildman–Crippen LogP) is 3.98. The summed E-state index contributed by atoms with van der Waals surface area (Å²) >= 11 is 5.89. The van der Waals surface area contributed by atoms with Crippen LogP contribution in [0.2, 0.25) is 5.02 Å². The molecule has 3 nitrogen and oxygen atoms in total. The summed E-state index contributed by atoms with van der Waals surface area (Å²) < 4.78 is 4.87. The second-order valence-corrected chi connectivity index (χ2v) is 4.49. The van der Waals surface area contributed by atoms with Crippen molar-refractivity contribution in [3.05, 3.63) is 59.4 Å². The number of carbonyl (C=O) groups excluding carboxylic acids is 1. The average molecular weight is 288 g/mol. The third kappa shape index (κ3) is 3.68. The van der Waals surface area contributed by atoms with Crippen molar-refractivity contribution in [2.45, 2.75) is 6.92 Å². The molecule has 0 radical (unpaired) electrons. The molecular formula is C16H14ClNO2. The molecule has 0 aliphatic carbocycles. The maximum Gasteiger partial charge on any atom is 0.330 e. The van der Waals surface area contributed by atoms with E-state index < -0.39 is 0 Å². The van der Waals surface area contributed by atoms with Gasteiger partial charge in [0, 0.05) is 29.1 Å². The van der Waals surface area contributed by atoms with Crippen LogP contribution in [0.25, 0.3) is 17.2 Å². The van der Waals surface area contributed by atoms with Crippen LogP contribution in [0.4, 0.5) is 0 Å². The maximum absolute atomic E-state index is 11.4. The number of rotatable bonds is 4. The SMILES string of the molecule is CCOC(=O)C=Cc1ccncc1-c1ccc(Cl)cc1. The third-order valence-electron chi connectivity index (χ3n) is 2.70. The number of esters is 1. The van der Waals surface area contributed by atoms with E-state index in [4.69, 9.17) is 16.3 Å². The Labute approximate surface area is 122 Å². The van der Waals surface area contributed by atoms with Crippen LogP contribution < -0.4 is 0 Å². The number of halogens is 1. The molecule has 0 N–H and O–H groups in total. The van der Waals surface area contributed by atoms with E-state index in [0.717, 1.165) is 16.7 Å². The lowest BCUT2D eigenvalue weighted by atomic mass is 10.0. The molecule has 0 fully saturated rings. The normalized spacial score (nSPS) is 10.7. The molecule has 0 aliphatic rings. The molecule has 1 heterocycles. The summed E-state index contributed by atoms with van der Waals surface area (Å²) in [5.41, 5.74) is 2.83. The molecular weight excluding hydrogens is 274 g/mol. The molecule has 0 spiro atoms. The third-order valence-corrected chi connectivity index (χ3v) is 2.95. The fourth-order valence-corrected chi connectivity index (χ4v) is 1.90. The van der Waals surface area contributed by atoms with Crippen LogP contribution in [0.3, 0.4) is 0 Å². The number of carbonyl (C=O) groups is 1. The molecule has 20 heavy (non-hydrogen) atoms. The molecule has 0 saturated carbocycles. The van der Waals surface area contributed by atoms with Crippen LogP contribution in [-0.2, 0) is 9.53 Å². The summed E-state index contributed by atoms with van der Waals surface area (Å²) in [7, 11) is 0. The molecule has 0 aliphatic heterocycles. The monoisotopic (exact) mass is 287 g/mol. The van der Waals surface area contributed by atoms with Crippen molar-refractivity contribution >= 4 is 23.6 Å². The van der Waals surface area contributed by atoms with Gasteiger partial charge in [0.15, 0.2) is 0 Å². The Balaban J connectivity index is 2.31. The summed E-state index contributed by atoms with van der Waals surface area (Å²) in [5.74, 6) is -0.355. The lowest BCUT2D eigenvalue weighted by Gasteiger charge is -2.05. The van der Waals surface area contributed by atoms with E-state index in [-0.39, 0.29) is 5.97 Å². The number of aromatic nitrogens is 1. The van der Waals surface area contributed by atoms with E-state index in [9.17, 15) is 4.79 Å². The molecule has 2 aromatic rings. The van der Waals surface area contributed by atoms with Gasteiger partial charge >= 0.3 is 5.97 Å². The molecule has 0 bridgehead atoms.